The molecular formula is C18H12O3. The van der Waals surface area contributed by atoms with Crippen LogP contribution in [0.1, 0.15) is 10.4 Å². The van der Waals surface area contributed by atoms with Crippen molar-refractivity contribution in [2.75, 3.05) is 0 Å². The average molecular weight is 276 g/mol. The molecule has 21 heavy (non-hydrogen) atoms. The van der Waals surface area contributed by atoms with Gasteiger partial charge in [-0.3, -0.25) is 0 Å². The van der Waals surface area contributed by atoms with Crippen LogP contribution in [-0.4, -0.2) is 5.97 Å². The van der Waals surface area contributed by atoms with Crippen LogP contribution in [0, 0.1) is 0 Å². The first-order chi connectivity index (χ1) is 10.2. The Morgan fingerprint density at radius 1 is 0.762 bits per heavy atom. The van der Waals surface area contributed by atoms with Crippen molar-refractivity contribution in [1.82, 2.24) is 0 Å². The molecule has 0 bridgehead atoms. The molecule has 2 aromatic carbocycles. The zero-order chi connectivity index (χ0) is 14.7. The number of rotatable bonds is 3. The Morgan fingerprint density at radius 3 is 1.57 bits per heavy atom. The molecular weight excluding hydrogens is 264 g/mol. The standard InChI is InChI=1S/C18H12O3/c19-18(20)15-11-16(13-7-3-1-4-8-13)21-17(12-15)14-9-5-2-6-10-14/h1-12H. The molecule has 3 nitrogen and oxygen atoms in total. The van der Waals surface area contributed by atoms with Gasteiger partial charge in [0.1, 0.15) is 0 Å². The number of carboxylic acid groups (broad SMARTS) is 1. The van der Waals surface area contributed by atoms with Crippen molar-refractivity contribution < 1.29 is 14.3 Å². The summed E-state index contributed by atoms with van der Waals surface area (Å²) in [5.41, 5.74) is 1.73. The minimum Gasteiger partial charge on any atom is -0.545 e. The summed E-state index contributed by atoms with van der Waals surface area (Å²) >= 11 is 0. The van der Waals surface area contributed by atoms with Gasteiger partial charge in [0.15, 0.2) is 0 Å². The molecule has 0 aliphatic carbocycles. The summed E-state index contributed by atoms with van der Waals surface area (Å²) in [5, 5.41) is 11.2. The molecule has 0 spiro atoms. The lowest BCUT2D eigenvalue weighted by Crippen LogP contribution is -2.22. The Balaban J connectivity index is 2.18. The third-order valence-corrected chi connectivity index (χ3v) is 3.15. The van der Waals surface area contributed by atoms with Gasteiger partial charge in [0.2, 0.25) is 0 Å². The van der Waals surface area contributed by atoms with E-state index in [1.165, 1.54) is 12.1 Å². The van der Waals surface area contributed by atoms with E-state index in [4.69, 9.17) is 4.42 Å². The molecule has 0 saturated heterocycles. The molecule has 3 rings (SSSR count). The smallest absolute Gasteiger partial charge is 0.361 e. The van der Waals surface area contributed by atoms with Crippen LogP contribution in [0.5, 0.6) is 0 Å². The van der Waals surface area contributed by atoms with E-state index >= 15 is 0 Å². The van der Waals surface area contributed by atoms with E-state index in [2.05, 4.69) is 0 Å². The van der Waals surface area contributed by atoms with Crippen molar-refractivity contribution in [3.05, 3.63) is 78.4 Å². The largest absolute Gasteiger partial charge is 0.545 e. The molecule has 0 N–H and O–H groups in total. The van der Waals surface area contributed by atoms with E-state index in [0.717, 1.165) is 11.1 Å². The Morgan fingerprint density at radius 2 is 1.19 bits per heavy atom. The van der Waals surface area contributed by atoms with Gasteiger partial charge in [0, 0.05) is 5.56 Å². The first-order valence-corrected chi connectivity index (χ1v) is 6.54. The fourth-order valence-electron chi connectivity index (χ4n) is 2.11. The van der Waals surface area contributed by atoms with Crippen LogP contribution < -0.4 is 5.11 Å². The Hall–Kier alpha value is -2.94. The lowest BCUT2D eigenvalue weighted by molar-refractivity contribution is -0.255. The second-order valence-corrected chi connectivity index (χ2v) is 4.59. The van der Waals surface area contributed by atoms with Gasteiger partial charge >= 0.3 is 11.5 Å². The third-order valence-electron chi connectivity index (χ3n) is 3.15. The van der Waals surface area contributed by atoms with Gasteiger partial charge in [-0.25, -0.2) is 4.42 Å². The number of carboxylic acids is 1. The van der Waals surface area contributed by atoms with Crippen LogP contribution >= 0.6 is 0 Å². The zero-order valence-corrected chi connectivity index (χ0v) is 11.2. The molecule has 0 amide bonds. The summed E-state index contributed by atoms with van der Waals surface area (Å²) in [6.45, 7) is 0. The molecule has 3 aromatic rings. The molecule has 0 unspecified atom stereocenters. The van der Waals surface area contributed by atoms with Crippen molar-refractivity contribution >= 4 is 5.97 Å². The van der Waals surface area contributed by atoms with Gasteiger partial charge in [-0.05, 0) is 24.3 Å². The van der Waals surface area contributed by atoms with E-state index in [1.807, 2.05) is 60.7 Å². The number of aromatic carboxylic acids is 1. The highest BCUT2D eigenvalue weighted by Gasteiger charge is 2.19. The minimum absolute atomic E-state index is 0.0963. The molecule has 0 radical (unpaired) electrons. The quantitative estimate of drug-likeness (QED) is 0.690. The van der Waals surface area contributed by atoms with Crippen molar-refractivity contribution in [2.45, 2.75) is 0 Å². The predicted octanol–water partition coefficient (Wildman–Crippen LogP) is 3.26. The maximum Gasteiger partial charge on any atom is 0.361 e. The van der Waals surface area contributed by atoms with Crippen LogP contribution in [-0.2, 0) is 0 Å². The predicted molar refractivity (Wildman–Crippen MR) is 78.3 cm³/mol. The molecule has 0 atom stereocenters. The van der Waals surface area contributed by atoms with E-state index in [0.29, 0.717) is 11.5 Å². The fourth-order valence-corrected chi connectivity index (χ4v) is 2.11. The van der Waals surface area contributed by atoms with Crippen molar-refractivity contribution in [1.29, 1.82) is 0 Å². The van der Waals surface area contributed by atoms with Crippen molar-refractivity contribution in [3.8, 4) is 22.6 Å². The van der Waals surface area contributed by atoms with Crippen LogP contribution in [0.25, 0.3) is 22.6 Å². The molecule has 0 fully saturated rings. The lowest BCUT2D eigenvalue weighted by Gasteiger charge is -2.01. The van der Waals surface area contributed by atoms with Gasteiger partial charge in [0.25, 0.3) is 0 Å². The Bertz CT molecular complexity index is 707. The Kier molecular flexibility index (Phi) is 3.48. The number of hydrogen-bond acceptors (Lipinski definition) is 2. The van der Waals surface area contributed by atoms with E-state index in [1.54, 1.807) is 0 Å². The van der Waals surface area contributed by atoms with Crippen LogP contribution in [0.3, 0.4) is 0 Å². The maximum absolute atomic E-state index is 11.2. The summed E-state index contributed by atoms with van der Waals surface area (Å²) in [5.74, 6) is -0.229. The van der Waals surface area contributed by atoms with Gasteiger partial charge in [-0.2, -0.15) is 0 Å². The molecule has 3 heteroatoms. The lowest BCUT2D eigenvalue weighted by atomic mass is 10.1. The van der Waals surface area contributed by atoms with Crippen LogP contribution in [0.15, 0.2) is 77.2 Å². The molecule has 0 saturated carbocycles. The third kappa shape index (κ3) is 2.82. The normalized spacial score (nSPS) is 10.3. The second-order valence-electron chi connectivity index (χ2n) is 4.59. The van der Waals surface area contributed by atoms with Gasteiger partial charge < -0.3 is 9.90 Å². The molecule has 1 aromatic heterocycles. The number of benzene rings is 2. The van der Waals surface area contributed by atoms with Crippen molar-refractivity contribution in [3.63, 3.8) is 0 Å². The minimum atomic E-state index is -1.22. The highest BCUT2D eigenvalue weighted by Crippen LogP contribution is 2.28. The monoisotopic (exact) mass is 276 g/mol. The highest BCUT2D eigenvalue weighted by atomic mass is 16.4. The fraction of sp³-hybridized carbons (Fsp3) is 0. The van der Waals surface area contributed by atoms with E-state index in [-0.39, 0.29) is 5.56 Å². The van der Waals surface area contributed by atoms with Gasteiger partial charge in [0.05, 0.1) is 29.2 Å². The SMILES string of the molecule is O=C([O-])c1cc(-c2ccccc2)[o+]c(-c2ccccc2)c1. The molecule has 0 aliphatic heterocycles. The van der Waals surface area contributed by atoms with Gasteiger partial charge in [-0.15, -0.1) is 0 Å². The first-order valence-electron chi connectivity index (χ1n) is 6.54. The van der Waals surface area contributed by atoms with Crippen molar-refractivity contribution in [2.24, 2.45) is 0 Å². The van der Waals surface area contributed by atoms with E-state index < -0.39 is 5.97 Å². The summed E-state index contributed by atoms with van der Waals surface area (Å²) in [6, 6.07) is 21.7. The topological polar surface area (TPSA) is 51.4 Å². The van der Waals surface area contributed by atoms with Gasteiger partial charge in [-0.1, -0.05) is 36.4 Å². The van der Waals surface area contributed by atoms with Crippen LogP contribution in [0.2, 0.25) is 0 Å². The number of hydrogen-bond donors (Lipinski definition) is 0. The average Bonchev–Trinajstić information content (AvgIpc) is 2.56. The first kappa shape index (κ1) is 13.1. The molecule has 0 aliphatic rings. The van der Waals surface area contributed by atoms with Crippen LogP contribution in [0.4, 0.5) is 0 Å². The zero-order valence-electron chi connectivity index (χ0n) is 11.2. The highest BCUT2D eigenvalue weighted by molar-refractivity contribution is 5.88. The Labute approximate surface area is 122 Å². The summed E-state index contributed by atoms with van der Waals surface area (Å²) < 4.78 is 5.85. The summed E-state index contributed by atoms with van der Waals surface area (Å²) in [7, 11) is 0. The second kappa shape index (κ2) is 5.59. The molecule has 102 valence electrons. The van der Waals surface area contributed by atoms with E-state index in [9.17, 15) is 9.90 Å². The molecule has 1 heterocycles. The maximum atomic E-state index is 11.2. The number of carbonyl (C=O) groups excluding carboxylic acids is 1. The summed E-state index contributed by atoms with van der Waals surface area (Å²) in [4.78, 5) is 11.2. The number of carbonyl (C=O) groups is 1. The summed E-state index contributed by atoms with van der Waals surface area (Å²) in [6.07, 6.45) is 0.